The highest BCUT2D eigenvalue weighted by atomic mass is 16.5. The molecule has 29 heavy (non-hydrogen) atoms. The number of rotatable bonds is 5. The minimum atomic E-state index is -0.0507. The van der Waals surface area contributed by atoms with Crippen molar-refractivity contribution in [3.63, 3.8) is 0 Å². The van der Waals surface area contributed by atoms with Gasteiger partial charge in [0.2, 0.25) is 0 Å². The van der Waals surface area contributed by atoms with Crippen LogP contribution in [0.15, 0.2) is 47.1 Å². The Morgan fingerprint density at radius 1 is 1.14 bits per heavy atom. The Bertz CT molecular complexity index is 981. The molecule has 0 atom stereocenters. The lowest BCUT2D eigenvalue weighted by Crippen LogP contribution is -2.38. The highest BCUT2D eigenvalue weighted by Crippen LogP contribution is 2.30. The number of carbonyl (C=O) groups is 1. The summed E-state index contributed by atoms with van der Waals surface area (Å²) in [5.41, 5.74) is 1.19. The molecule has 3 heterocycles. The highest BCUT2D eigenvalue weighted by Gasteiger charge is 2.29. The van der Waals surface area contributed by atoms with Crippen LogP contribution >= 0.6 is 0 Å². The van der Waals surface area contributed by atoms with E-state index < -0.39 is 0 Å². The van der Waals surface area contributed by atoms with Gasteiger partial charge in [-0.1, -0.05) is 11.2 Å². The van der Waals surface area contributed by atoms with E-state index >= 15 is 0 Å². The second-order valence-corrected chi connectivity index (χ2v) is 6.81. The van der Waals surface area contributed by atoms with Crippen molar-refractivity contribution in [3.8, 4) is 23.1 Å². The first kappa shape index (κ1) is 18.9. The van der Waals surface area contributed by atoms with Crippen molar-refractivity contribution in [1.82, 2.24) is 20.0 Å². The van der Waals surface area contributed by atoms with E-state index in [0.717, 1.165) is 12.8 Å². The molecule has 150 valence electrons. The van der Waals surface area contributed by atoms with E-state index in [-0.39, 0.29) is 11.8 Å². The van der Waals surface area contributed by atoms with Crippen molar-refractivity contribution < 1.29 is 18.8 Å². The zero-order valence-electron chi connectivity index (χ0n) is 16.4. The van der Waals surface area contributed by atoms with Crippen molar-refractivity contribution >= 4 is 5.91 Å². The summed E-state index contributed by atoms with van der Waals surface area (Å²) in [7, 11) is 3.13. The Labute approximate surface area is 168 Å². The summed E-state index contributed by atoms with van der Waals surface area (Å²) in [5.74, 6) is 2.35. The number of benzene rings is 1. The topological polar surface area (TPSA) is 90.6 Å². The molecular weight excluding hydrogens is 372 g/mol. The predicted octanol–water partition coefficient (Wildman–Crippen LogP) is 3.17. The molecule has 0 unspecified atom stereocenters. The molecule has 8 nitrogen and oxygen atoms in total. The molecule has 1 saturated heterocycles. The van der Waals surface area contributed by atoms with Gasteiger partial charge < -0.3 is 18.9 Å². The molecule has 1 aliphatic rings. The van der Waals surface area contributed by atoms with Gasteiger partial charge in [0, 0.05) is 31.3 Å². The Hall–Kier alpha value is -3.42. The second kappa shape index (κ2) is 8.30. The van der Waals surface area contributed by atoms with Crippen LogP contribution in [0, 0.1) is 0 Å². The van der Waals surface area contributed by atoms with E-state index in [1.807, 2.05) is 23.1 Å². The maximum atomic E-state index is 13.0. The summed E-state index contributed by atoms with van der Waals surface area (Å²) in [6.45, 7) is 1.23. The fourth-order valence-electron chi connectivity index (χ4n) is 3.48. The lowest BCUT2D eigenvalue weighted by molar-refractivity contribution is 0.0707. The number of pyridine rings is 1. The zero-order valence-corrected chi connectivity index (χ0v) is 16.4. The molecule has 1 aliphatic heterocycles. The van der Waals surface area contributed by atoms with Crippen molar-refractivity contribution in [3.05, 3.63) is 54.0 Å². The van der Waals surface area contributed by atoms with Crippen molar-refractivity contribution in [2.24, 2.45) is 0 Å². The number of nitrogens with zero attached hydrogens (tertiary/aromatic N) is 4. The van der Waals surface area contributed by atoms with Gasteiger partial charge in [-0.05, 0) is 37.1 Å². The van der Waals surface area contributed by atoms with Gasteiger partial charge in [-0.15, -0.1) is 0 Å². The fourth-order valence-corrected chi connectivity index (χ4v) is 3.48. The van der Waals surface area contributed by atoms with Crippen LogP contribution in [-0.2, 0) is 0 Å². The minimum Gasteiger partial charge on any atom is -0.497 e. The van der Waals surface area contributed by atoms with E-state index in [4.69, 9.17) is 14.0 Å². The number of carbonyl (C=O) groups excluding carboxylic acids is 1. The number of piperidine rings is 1. The van der Waals surface area contributed by atoms with E-state index in [1.54, 1.807) is 38.6 Å². The first-order valence-corrected chi connectivity index (χ1v) is 9.46. The summed E-state index contributed by atoms with van der Waals surface area (Å²) in [4.78, 5) is 23.5. The average molecular weight is 394 g/mol. The van der Waals surface area contributed by atoms with E-state index in [9.17, 15) is 4.79 Å². The quantitative estimate of drug-likeness (QED) is 0.656. The maximum Gasteiger partial charge on any atom is 0.276 e. The van der Waals surface area contributed by atoms with Crippen LogP contribution in [0.25, 0.3) is 11.6 Å². The van der Waals surface area contributed by atoms with Gasteiger partial charge in [0.1, 0.15) is 17.2 Å². The first-order valence-electron chi connectivity index (χ1n) is 9.46. The SMILES string of the molecule is COc1ccc(C(=O)N2CCC(c3noc(-c4ccccn4)n3)CC2)c(OC)c1. The van der Waals surface area contributed by atoms with Gasteiger partial charge in [0.25, 0.3) is 11.8 Å². The molecule has 3 aromatic rings. The molecule has 1 aromatic carbocycles. The summed E-state index contributed by atoms with van der Waals surface area (Å²) < 4.78 is 15.9. The third-order valence-electron chi connectivity index (χ3n) is 5.11. The van der Waals surface area contributed by atoms with Crippen LogP contribution in [0.4, 0.5) is 0 Å². The van der Waals surface area contributed by atoms with Crippen LogP contribution in [0.1, 0.15) is 34.9 Å². The Morgan fingerprint density at radius 3 is 2.66 bits per heavy atom. The Morgan fingerprint density at radius 2 is 1.97 bits per heavy atom. The van der Waals surface area contributed by atoms with Crippen LogP contribution < -0.4 is 9.47 Å². The van der Waals surface area contributed by atoms with Gasteiger partial charge in [-0.25, -0.2) is 0 Å². The van der Waals surface area contributed by atoms with Gasteiger partial charge in [-0.3, -0.25) is 9.78 Å². The van der Waals surface area contributed by atoms with Crippen LogP contribution in [0.2, 0.25) is 0 Å². The molecule has 0 radical (unpaired) electrons. The van der Waals surface area contributed by atoms with Crippen molar-refractivity contribution in [2.45, 2.75) is 18.8 Å². The van der Waals surface area contributed by atoms with E-state index in [2.05, 4.69) is 15.1 Å². The number of hydrogen-bond acceptors (Lipinski definition) is 7. The van der Waals surface area contributed by atoms with E-state index in [1.165, 1.54) is 0 Å². The molecule has 0 spiro atoms. The molecule has 1 fully saturated rings. The normalized spacial score (nSPS) is 14.6. The third kappa shape index (κ3) is 3.91. The molecule has 0 bridgehead atoms. The average Bonchev–Trinajstić information content (AvgIpc) is 3.29. The smallest absolute Gasteiger partial charge is 0.276 e. The standard InChI is InChI=1S/C21H22N4O4/c1-27-15-6-7-16(18(13-15)28-2)21(26)25-11-8-14(9-12-25)19-23-20(29-24-19)17-5-3-4-10-22-17/h3-7,10,13-14H,8-9,11-12H2,1-2H3. The maximum absolute atomic E-state index is 13.0. The summed E-state index contributed by atoms with van der Waals surface area (Å²) in [6, 6.07) is 10.8. The fraction of sp³-hybridized carbons (Fsp3) is 0.333. The number of methoxy groups -OCH3 is 2. The number of hydrogen-bond donors (Lipinski definition) is 0. The van der Waals surface area contributed by atoms with E-state index in [0.29, 0.717) is 47.6 Å². The van der Waals surface area contributed by atoms with Crippen LogP contribution in [0.5, 0.6) is 11.5 Å². The largest absolute Gasteiger partial charge is 0.497 e. The molecule has 2 aromatic heterocycles. The zero-order chi connectivity index (χ0) is 20.2. The predicted molar refractivity (Wildman–Crippen MR) is 105 cm³/mol. The lowest BCUT2D eigenvalue weighted by Gasteiger charge is -2.31. The van der Waals surface area contributed by atoms with Crippen LogP contribution in [0.3, 0.4) is 0 Å². The van der Waals surface area contributed by atoms with Gasteiger partial charge in [-0.2, -0.15) is 4.98 Å². The van der Waals surface area contributed by atoms with Gasteiger partial charge in [0.05, 0.1) is 19.8 Å². The molecule has 1 amide bonds. The second-order valence-electron chi connectivity index (χ2n) is 6.81. The lowest BCUT2D eigenvalue weighted by atomic mass is 9.95. The number of ether oxygens (including phenoxy) is 2. The molecule has 0 N–H and O–H groups in total. The summed E-state index contributed by atoms with van der Waals surface area (Å²) in [6.07, 6.45) is 3.23. The van der Waals surface area contributed by atoms with Crippen molar-refractivity contribution in [1.29, 1.82) is 0 Å². The first-order chi connectivity index (χ1) is 14.2. The van der Waals surface area contributed by atoms with Crippen LogP contribution in [-0.4, -0.2) is 53.2 Å². The molecule has 0 aliphatic carbocycles. The highest BCUT2D eigenvalue weighted by molar-refractivity contribution is 5.97. The van der Waals surface area contributed by atoms with Gasteiger partial charge in [0.15, 0.2) is 5.82 Å². The Kier molecular flexibility index (Phi) is 5.41. The number of aromatic nitrogens is 3. The monoisotopic (exact) mass is 394 g/mol. The van der Waals surface area contributed by atoms with Gasteiger partial charge >= 0.3 is 0 Å². The molecular formula is C21H22N4O4. The summed E-state index contributed by atoms with van der Waals surface area (Å²) >= 11 is 0. The summed E-state index contributed by atoms with van der Waals surface area (Å²) in [5, 5.41) is 4.13. The Balaban J connectivity index is 1.42. The number of likely N-dealkylation sites (tertiary alicyclic amines) is 1. The molecule has 0 saturated carbocycles. The van der Waals surface area contributed by atoms with Crippen molar-refractivity contribution in [2.75, 3.05) is 27.3 Å². The third-order valence-corrected chi connectivity index (χ3v) is 5.11. The molecule has 8 heteroatoms. The minimum absolute atomic E-state index is 0.0507. The number of amides is 1. The molecule has 4 rings (SSSR count).